The Kier molecular flexibility index (Phi) is 48.9. The summed E-state index contributed by atoms with van der Waals surface area (Å²) in [7, 11) is 0. The van der Waals surface area contributed by atoms with Crippen molar-refractivity contribution in [3.63, 3.8) is 0 Å². The first-order valence-electron chi connectivity index (χ1n) is 3.19. The third kappa shape index (κ3) is 22.4. The quantitative estimate of drug-likeness (QED) is 0.633. The van der Waals surface area contributed by atoms with Gasteiger partial charge in [-0.25, -0.2) is 0 Å². The molecule has 0 spiro atoms. The maximum Gasteiger partial charge on any atom is 0.106 e. The zero-order valence-electron chi connectivity index (χ0n) is 8.06. The van der Waals surface area contributed by atoms with E-state index in [0.717, 1.165) is 0 Å². The van der Waals surface area contributed by atoms with Crippen LogP contribution in [0.4, 0.5) is 0 Å². The largest absolute Gasteiger partial charge is 0.307 e. The van der Waals surface area contributed by atoms with E-state index < -0.39 is 0 Å². The first kappa shape index (κ1) is 23.0. The molecule has 0 bridgehead atoms. The minimum absolute atomic E-state index is 0. The number of hydrogen-bond acceptors (Lipinski definition) is 3. The van der Waals surface area contributed by atoms with Crippen molar-refractivity contribution < 1.29 is 31.7 Å². The smallest absolute Gasteiger partial charge is 0.106 e. The van der Waals surface area contributed by atoms with E-state index in [1.54, 1.807) is 0 Å². The van der Waals surface area contributed by atoms with Crippen LogP contribution < -0.4 is 0 Å². The van der Waals surface area contributed by atoms with Gasteiger partial charge in [-0.2, -0.15) is 35.9 Å². The molecule has 0 unspecified atom stereocenters. The van der Waals surface area contributed by atoms with Crippen molar-refractivity contribution >= 4 is 20.4 Å². The Morgan fingerprint density at radius 3 is 1.36 bits per heavy atom. The molecule has 1 rings (SSSR count). The molecule has 0 aromatic heterocycles. The van der Waals surface area contributed by atoms with E-state index in [4.69, 9.17) is 14.4 Å². The Morgan fingerprint density at radius 1 is 0.929 bits per heavy atom. The van der Waals surface area contributed by atoms with Crippen molar-refractivity contribution in [2.24, 2.45) is 0 Å². The maximum atomic E-state index is 8.00. The molecule has 0 fully saturated rings. The summed E-state index contributed by atoms with van der Waals surface area (Å²) in [5, 5.41) is 0. The van der Waals surface area contributed by atoms with Gasteiger partial charge < -0.3 is 14.4 Å². The summed E-state index contributed by atoms with van der Waals surface area (Å²) in [6.45, 7) is 8.06. The molecule has 4 heteroatoms. The molecule has 0 amide bonds. The number of rotatable bonds is 0. The fourth-order valence-electron chi connectivity index (χ4n) is 0.470. The number of carbonyl (C=O) groups excluding carboxylic acids is 3. The van der Waals surface area contributed by atoms with Crippen LogP contribution in [0.15, 0.2) is 24.3 Å². The van der Waals surface area contributed by atoms with E-state index in [2.05, 4.69) is 13.0 Å². The second kappa shape index (κ2) is 29.8. The van der Waals surface area contributed by atoms with Gasteiger partial charge in [0.05, 0.1) is 0 Å². The van der Waals surface area contributed by atoms with Crippen LogP contribution in [-0.2, 0) is 31.7 Å². The molecule has 0 heterocycles. The summed E-state index contributed by atoms with van der Waals surface area (Å²) in [6.07, 6.45) is 0. The number of hydrogen-bond donors (Lipinski definition) is 0. The van der Waals surface area contributed by atoms with E-state index in [1.807, 2.05) is 44.6 Å². The summed E-state index contributed by atoms with van der Waals surface area (Å²) in [4.78, 5) is 24.0. The molecular formula is C10H13CrO3-. The second-order valence-electron chi connectivity index (χ2n) is 1.58. The van der Waals surface area contributed by atoms with E-state index >= 15 is 0 Å². The SMILES string of the molecule is C=O.C=O.C=O.Cc1cc[c-]cc1.[Cr]. The zero-order chi connectivity index (χ0) is 11.1. The molecule has 1 aromatic rings. The second-order valence-corrected chi connectivity index (χ2v) is 1.58. The molecule has 0 aliphatic heterocycles. The first-order chi connectivity index (χ1) is 6.39. The van der Waals surface area contributed by atoms with Crippen molar-refractivity contribution in [2.45, 2.75) is 6.92 Å². The van der Waals surface area contributed by atoms with Crippen LogP contribution in [0.3, 0.4) is 0 Å². The van der Waals surface area contributed by atoms with Gasteiger partial charge in [0, 0.05) is 17.4 Å². The molecule has 14 heavy (non-hydrogen) atoms. The molecule has 0 saturated carbocycles. The van der Waals surface area contributed by atoms with Crippen LogP contribution >= 0.6 is 0 Å². The van der Waals surface area contributed by atoms with E-state index in [1.165, 1.54) is 5.56 Å². The van der Waals surface area contributed by atoms with Crippen LogP contribution in [0, 0.1) is 13.0 Å². The Hall–Kier alpha value is -1.24. The van der Waals surface area contributed by atoms with Gasteiger partial charge in [0.2, 0.25) is 0 Å². The molecule has 1 aromatic carbocycles. The predicted octanol–water partition coefficient (Wildman–Crippen LogP) is 1.24. The van der Waals surface area contributed by atoms with Crippen molar-refractivity contribution in [3.8, 4) is 0 Å². The Morgan fingerprint density at radius 2 is 1.21 bits per heavy atom. The first-order valence-corrected chi connectivity index (χ1v) is 3.19. The summed E-state index contributed by atoms with van der Waals surface area (Å²) in [5.74, 6) is 0. The third-order valence-corrected chi connectivity index (χ3v) is 0.885. The van der Waals surface area contributed by atoms with Crippen molar-refractivity contribution in [3.05, 3.63) is 35.9 Å². The third-order valence-electron chi connectivity index (χ3n) is 0.885. The Balaban J connectivity index is -0.0000000625. The number of aryl methyl sites for hydroxylation is 1. The molecular weight excluding hydrogens is 220 g/mol. The number of benzene rings is 1. The zero-order valence-corrected chi connectivity index (χ0v) is 9.34. The predicted molar refractivity (Wildman–Crippen MR) is 51.4 cm³/mol. The summed E-state index contributed by atoms with van der Waals surface area (Å²) >= 11 is 0. The average molecular weight is 233 g/mol. The molecule has 0 aliphatic rings. The Labute approximate surface area is 95.3 Å². The van der Waals surface area contributed by atoms with Crippen LogP contribution in [0.1, 0.15) is 5.56 Å². The van der Waals surface area contributed by atoms with Crippen LogP contribution in [0.25, 0.3) is 0 Å². The normalized spacial score (nSPS) is 5.21. The summed E-state index contributed by atoms with van der Waals surface area (Å²) in [6, 6.07) is 10.8. The van der Waals surface area contributed by atoms with Crippen LogP contribution in [-0.4, -0.2) is 20.4 Å². The van der Waals surface area contributed by atoms with E-state index in [-0.39, 0.29) is 17.4 Å². The van der Waals surface area contributed by atoms with Gasteiger partial charge in [0.15, 0.2) is 0 Å². The number of carbonyl (C=O) groups is 3. The van der Waals surface area contributed by atoms with Gasteiger partial charge in [-0.05, 0) is 0 Å². The van der Waals surface area contributed by atoms with E-state index in [9.17, 15) is 0 Å². The summed E-state index contributed by atoms with van der Waals surface area (Å²) < 4.78 is 0. The van der Waals surface area contributed by atoms with Crippen molar-refractivity contribution in [2.75, 3.05) is 0 Å². The molecule has 0 atom stereocenters. The average Bonchev–Trinajstić information content (AvgIpc) is 2.28. The van der Waals surface area contributed by atoms with Crippen molar-refractivity contribution in [1.29, 1.82) is 0 Å². The standard InChI is InChI=1S/C7H7.3CH2O.Cr/c1-7-5-3-2-4-6-7;3*1-2;/h3-6H,1H3;3*1H2;/q-1;;;;. The van der Waals surface area contributed by atoms with Gasteiger partial charge in [-0.1, -0.05) is 6.92 Å². The minimum atomic E-state index is 0. The van der Waals surface area contributed by atoms with Gasteiger partial charge in [-0.15, -0.1) is 0 Å². The fourth-order valence-corrected chi connectivity index (χ4v) is 0.470. The fraction of sp³-hybridized carbons (Fsp3) is 0.100. The van der Waals surface area contributed by atoms with E-state index in [0.29, 0.717) is 0 Å². The van der Waals surface area contributed by atoms with Crippen molar-refractivity contribution in [1.82, 2.24) is 0 Å². The van der Waals surface area contributed by atoms with Crippen LogP contribution in [0.5, 0.6) is 0 Å². The van der Waals surface area contributed by atoms with Gasteiger partial charge in [-0.3, -0.25) is 0 Å². The minimum Gasteiger partial charge on any atom is -0.307 e. The monoisotopic (exact) mass is 233 g/mol. The maximum absolute atomic E-state index is 8.00. The molecule has 0 radical (unpaired) electrons. The molecule has 3 nitrogen and oxygen atoms in total. The summed E-state index contributed by atoms with van der Waals surface area (Å²) in [5.41, 5.74) is 1.29. The topological polar surface area (TPSA) is 51.2 Å². The molecule has 0 N–H and O–H groups in total. The Bertz CT molecular complexity index is 175. The van der Waals surface area contributed by atoms with Crippen LogP contribution in [0.2, 0.25) is 0 Å². The molecule has 0 saturated heterocycles. The van der Waals surface area contributed by atoms with Gasteiger partial charge in [0.1, 0.15) is 20.4 Å². The van der Waals surface area contributed by atoms with Gasteiger partial charge in [0.25, 0.3) is 0 Å². The molecule has 78 valence electrons. The molecule has 0 aliphatic carbocycles. The van der Waals surface area contributed by atoms with Gasteiger partial charge >= 0.3 is 0 Å².